The lowest BCUT2D eigenvalue weighted by Gasteiger charge is -2.18. The number of imidazole rings is 1. The molecule has 1 unspecified atom stereocenters. The molecule has 0 radical (unpaired) electrons. The fraction of sp³-hybridized carbons (Fsp3) is 0.211. The highest BCUT2D eigenvalue weighted by molar-refractivity contribution is 6.31. The Kier molecular flexibility index (Phi) is 4.51. The third-order valence-electron chi connectivity index (χ3n) is 4.11. The van der Waals surface area contributed by atoms with Gasteiger partial charge in [-0.25, -0.2) is 4.98 Å². The van der Waals surface area contributed by atoms with Gasteiger partial charge in [-0.15, -0.1) is 0 Å². The van der Waals surface area contributed by atoms with Crippen molar-refractivity contribution in [2.24, 2.45) is 0 Å². The van der Waals surface area contributed by atoms with E-state index in [-0.39, 0.29) is 0 Å². The monoisotopic (exact) mass is 326 g/mol. The maximum atomic E-state index is 10.9. The van der Waals surface area contributed by atoms with Crippen molar-refractivity contribution in [3.8, 4) is 0 Å². The molecule has 1 atom stereocenters. The van der Waals surface area contributed by atoms with Crippen LogP contribution in [0.1, 0.15) is 34.2 Å². The number of benzene rings is 2. The molecule has 2 aromatic carbocycles. The van der Waals surface area contributed by atoms with Gasteiger partial charge in [0.15, 0.2) is 0 Å². The van der Waals surface area contributed by atoms with Crippen molar-refractivity contribution in [3.05, 3.63) is 88.0 Å². The molecule has 23 heavy (non-hydrogen) atoms. The highest BCUT2D eigenvalue weighted by atomic mass is 35.5. The highest BCUT2D eigenvalue weighted by Crippen LogP contribution is 2.27. The van der Waals surface area contributed by atoms with E-state index in [1.54, 1.807) is 6.20 Å². The lowest BCUT2D eigenvalue weighted by atomic mass is 9.97. The van der Waals surface area contributed by atoms with Crippen LogP contribution in [0, 0.1) is 13.8 Å². The van der Waals surface area contributed by atoms with Gasteiger partial charge in [-0.1, -0.05) is 48.0 Å². The summed E-state index contributed by atoms with van der Waals surface area (Å²) in [6.07, 6.45) is 2.83. The number of aromatic nitrogens is 2. The summed E-state index contributed by atoms with van der Waals surface area (Å²) in [5, 5.41) is 11.6. The first kappa shape index (κ1) is 15.8. The van der Waals surface area contributed by atoms with E-state index >= 15 is 0 Å². The lowest BCUT2D eigenvalue weighted by Crippen LogP contribution is -2.13. The molecule has 4 heteroatoms. The van der Waals surface area contributed by atoms with Crippen LogP contribution in [0.3, 0.4) is 0 Å². The van der Waals surface area contributed by atoms with Crippen LogP contribution in [-0.4, -0.2) is 14.7 Å². The molecule has 3 nitrogen and oxygen atoms in total. The number of hydrogen-bond donors (Lipinski definition) is 1. The van der Waals surface area contributed by atoms with Crippen molar-refractivity contribution in [1.29, 1.82) is 0 Å². The molecule has 0 fully saturated rings. The number of aliphatic hydroxyl groups is 1. The smallest absolute Gasteiger partial charge is 0.142 e. The normalized spacial score (nSPS) is 12.3. The minimum absolute atomic E-state index is 0.580. The van der Waals surface area contributed by atoms with Crippen molar-refractivity contribution < 1.29 is 5.11 Å². The third kappa shape index (κ3) is 3.16. The van der Waals surface area contributed by atoms with Crippen LogP contribution in [0.25, 0.3) is 0 Å². The molecule has 3 aromatic rings. The molecule has 0 aliphatic carbocycles. The molecule has 0 amide bonds. The van der Waals surface area contributed by atoms with Crippen molar-refractivity contribution in [1.82, 2.24) is 9.55 Å². The molecule has 1 N–H and O–H groups in total. The number of hydrogen-bond acceptors (Lipinski definition) is 2. The number of halogens is 1. The summed E-state index contributed by atoms with van der Waals surface area (Å²) < 4.78 is 1.94. The first-order valence-corrected chi connectivity index (χ1v) is 7.94. The first-order valence-electron chi connectivity index (χ1n) is 7.56. The molecule has 0 bridgehead atoms. The van der Waals surface area contributed by atoms with Crippen molar-refractivity contribution >= 4 is 11.6 Å². The number of nitrogens with zero attached hydrogens (tertiary/aromatic N) is 2. The second-order valence-corrected chi connectivity index (χ2v) is 6.12. The van der Waals surface area contributed by atoms with Gasteiger partial charge in [0, 0.05) is 17.4 Å². The van der Waals surface area contributed by atoms with Gasteiger partial charge in [0.25, 0.3) is 0 Å². The van der Waals surface area contributed by atoms with Gasteiger partial charge >= 0.3 is 0 Å². The molecule has 0 saturated heterocycles. The summed E-state index contributed by atoms with van der Waals surface area (Å²) >= 11 is 6.24. The second kappa shape index (κ2) is 6.57. The number of aliphatic hydroxyl groups excluding tert-OH is 1. The summed E-state index contributed by atoms with van der Waals surface area (Å²) in [6.45, 7) is 4.59. The van der Waals surface area contributed by atoms with Gasteiger partial charge in [-0.2, -0.15) is 0 Å². The average Bonchev–Trinajstić information content (AvgIpc) is 2.97. The Hall–Kier alpha value is -2.10. The molecule has 0 aliphatic rings. The molecular weight excluding hydrogens is 308 g/mol. The molecule has 0 spiro atoms. The summed E-state index contributed by atoms with van der Waals surface area (Å²) in [6, 6.07) is 13.7. The fourth-order valence-electron chi connectivity index (χ4n) is 2.90. The van der Waals surface area contributed by atoms with E-state index in [1.165, 1.54) is 0 Å². The van der Waals surface area contributed by atoms with E-state index in [4.69, 9.17) is 11.6 Å². The van der Waals surface area contributed by atoms with Crippen molar-refractivity contribution in [3.63, 3.8) is 0 Å². The van der Waals surface area contributed by atoms with E-state index < -0.39 is 6.10 Å². The van der Waals surface area contributed by atoms with Crippen LogP contribution < -0.4 is 0 Å². The molecule has 1 heterocycles. The van der Waals surface area contributed by atoms with Crippen LogP contribution in [-0.2, 0) is 6.54 Å². The number of aryl methyl sites for hydroxylation is 2. The van der Waals surface area contributed by atoms with Gasteiger partial charge in [0.05, 0.1) is 6.54 Å². The number of rotatable bonds is 4. The predicted octanol–water partition coefficient (Wildman–Crippen LogP) is 4.28. The predicted molar refractivity (Wildman–Crippen MR) is 92.8 cm³/mol. The quantitative estimate of drug-likeness (QED) is 0.777. The average molecular weight is 327 g/mol. The largest absolute Gasteiger partial charge is 0.380 e. The Labute approximate surface area is 141 Å². The topological polar surface area (TPSA) is 38.1 Å². The van der Waals surface area contributed by atoms with Gasteiger partial charge in [0.1, 0.15) is 11.9 Å². The van der Waals surface area contributed by atoms with Crippen LogP contribution >= 0.6 is 11.6 Å². The Morgan fingerprint density at radius 2 is 1.78 bits per heavy atom. The SMILES string of the molecule is Cc1cccc(C)c1C(O)c1nccn1Cc1ccccc1Cl. The van der Waals surface area contributed by atoms with Crippen LogP contribution in [0.5, 0.6) is 0 Å². The molecule has 0 saturated carbocycles. The van der Waals surface area contributed by atoms with E-state index in [0.29, 0.717) is 17.4 Å². The molecule has 118 valence electrons. The van der Waals surface area contributed by atoms with E-state index in [0.717, 1.165) is 22.3 Å². The maximum absolute atomic E-state index is 10.9. The Balaban J connectivity index is 1.96. The van der Waals surface area contributed by atoms with E-state index in [1.807, 2.05) is 67.1 Å². The molecule has 0 aliphatic heterocycles. The van der Waals surface area contributed by atoms with E-state index in [2.05, 4.69) is 4.98 Å². The third-order valence-corrected chi connectivity index (χ3v) is 4.48. The van der Waals surface area contributed by atoms with E-state index in [9.17, 15) is 5.11 Å². The van der Waals surface area contributed by atoms with Gasteiger partial charge < -0.3 is 9.67 Å². The van der Waals surface area contributed by atoms with Crippen molar-refractivity contribution in [2.45, 2.75) is 26.5 Å². The lowest BCUT2D eigenvalue weighted by molar-refractivity contribution is 0.204. The van der Waals surface area contributed by atoms with Gasteiger partial charge in [-0.05, 0) is 42.2 Å². The molecule has 1 aromatic heterocycles. The van der Waals surface area contributed by atoms with Gasteiger partial charge in [0.2, 0.25) is 0 Å². The maximum Gasteiger partial charge on any atom is 0.142 e. The summed E-state index contributed by atoms with van der Waals surface area (Å²) in [5.74, 6) is 0.627. The minimum Gasteiger partial charge on any atom is -0.380 e. The summed E-state index contributed by atoms with van der Waals surface area (Å²) in [4.78, 5) is 4.37. The minimum atomic E-state index is -0.756. The fourth-order valence-corrected chi connectivity index (χ4v) is 3.10. The van der Waals surface area contributed by atoms with Crippen LogP contribution in [0.2, 0.25) is 5.02 Å². The first-order chi connectivity index (χ1) is 11.1. The highest BCUT2D eigenvalue weighted by Gasteiger charge is 2.20. The zero-order valence-electron chi connectivity index (χ0n) is 13.2. The van der Waals surface area contributed by atoms with Crippen LogP contribution in [0.15, 0.2) is 54.9 Å². The second-order valence-electron chi connectivity index (χ2n) is 5.71. The van der Waals surface area contributed by atoms with Gasteiger partial charge in [-0.3, -0.25) is 0 Å². The zero-order chi connectivity index (χ0) is 16.4. The Morgan fingerprint density at radius 1 is 1.09 bits per heavy atom. The van der Waals surface area contributed by atoms with Crippen molar-refractivity contribution in [2.75, 3.05) is 0 Å². The molecular formula is C19H19ClN2O. The standard InChI is InChI=1S/C19H19ClN2O/c1-13-6-5-7-14(2)17(13)18(23)19-21-10-11-22(19)12-15-8-3-4-9-16(15)20/h3-11,18,23H,12H2,1-2H3. The Bertz CT molecular complexity index is 805. The Morgan fingerprint density at radius 3 is 2.48 bits per heavy atom. The zero-order valence-corrected chi connectivity index (χ0v) is 14.0. The summed E-state index contributed by atoms with van der Waals surface area (Å²) in [5.41, 5.74) is 4.04. The summed E-state index contributed by atoms with van der Waals surface area (Å²) in [7, 11) is 0. The van der Waals surface area contributed by atoms with Crippen LogP contribution in [0.4, 0.5) is 0 Å². The molecule has 3 rings (SSSR count).